The number of aromatic amines is 1. The van der Waals surface area contributed by atoms with Crippen molar-refractivity contribution in [2.24, 2.45) is 0 Å². The van der Waals surface area contributed by atoms with E-state index in [1.54, 1.807) is 6.92 Å². The Labute approximate surface area is 107 Å². The van der Waals surface area contributed by atoms with Crippen LogP contribution in [0.1, 0.15) is 5.56 Å². The summed E-state index contributed by atoms with van der Waals surface area (Å²) >= 11 is 0. The maximum absolute atomic E-state index is 14.0. The number of nitrogens with one attached hydrogen (secondary N) is 1. The summed E-state index contributed by atoms with van der Waals surface area (Å²) in [4.78, 5) is 4.04. The monoisotopic (exact) mass is 260 g/mol. The van der Waals surface area contributed by atoms with Crippen molar-refractivity contribution >= 4 is 16.9 Å². The summed E-state index contributed by atoms with van der Waals surface area (Å²) in [6, 6.07) is 4.09. The minimum atomic E-state index is -0.627. The Morgan fingerprint density at radius 1 is 1.21 bits per heavy atom. The molecule has 0 spiro atoms. The highest BCUT2D eigenvalue weighted by molar-refractivity contribution is 5.96. The summed E-state index contributed by atoms with van der Waals surface area (Å²) in [5, 5.41) is 6.46. The predicted octanol–water partition coefficient (Wildman–Crippen LogP) is 2.79. The van der Waals surface area contributed by atoms with Crippen molar-refractivity contribution < 1.29 is 8.78 Å². The van der Waals surface area contributed by atoms with Crippen LogP contribution in [0, 0.1) is 18.6 Å². The van der Waals surface area contributed by atoms with Crippen molar-refractivity contribution in [1.29, 1.82) is 0 Å². The van der Waals surface area contributed by atoms with Crippen LogP contribution in [0.5, 0.6) is 0 Å². The number of aromatic nitrogens is 3. The molecule has 3 rings (SSSR count). The highest BCUT2D eigenvalue weighted by Gasteiger charge is 2.17. The normalized spacial score (nSPS) is 11.1. The van der Waals surface area contributed by atoms with Gasteiger partial charge in [0.05, 0.1) is 11.1 Å². The van der Waals surface area contributed by atoms with Crippen molar-refractivity contribution in [3.8, 4) is 11.1 Å². The molecular weight excluding hydrogens is 250 g/mol. The number of pyridine rings is 1. The van der Waals surface area contributed by atoms with Crippen LogP contribution < -0.4 is 5.73 Å². The minimum absolute atomic E-state index is 0.110. The molecule has 3 N–H and O–H groups in total. The van der Waals surface area contributed by atoms with Gasteiger partial charge in [-0.3, -0.25) is 10.1 Å². The third-order valence-corrected chi connectivity index (χ3v) is 2.94. The standard InChI is InChI=1S/C13H10F2N4/c1-6-4-8(14)10(9(15)5-6)7-2-3-17-12-11(7)18-19-13(12)16/h2-5H,1H3,(H3,16,18,19). The molecule has 0 saturated carbocycles. The molecule has 0 unspecified atom stereocenters. The van der Waals surface area contributed by atoms with Crippen LogP contribution >= 0.6 is 0 Å². The van der Waals surface area contributed by atoms with Gasteiger partial charge < -0.3 is 5.73 Å². The molecule has 0 fully saturated rings. The number of hydrogen-bond donors (Lipinski definition) is 2. The predicted molar refractivity (Wildman–Crippen MR) is 68.4 cm³/mol. The Morgan fingerprint density at radius 3 is 2.58 bits per heavy atom. The number of halogens is 2. The van der Waals surface area contributed by atoms with Gasteiger partial charge >= 0.3 is 0 Å². The average molecular weight is 260 g/mol. The van der Waals surface area contributed by atoms with Gasteiger partial charge in [0.25, 0.3) is 0 Å². The van der Waals surface area contributed by atoms with E-state index in [0.717, 1.165) is 0 Å². The molecule has 0 aliphatic rings. The van der Waals surface area contributed by atoms with E-state index in [-0.39, 0.29) is 11.4 Å². The first-order valence-electron chi connectivity index (χ1n) is 5.62. The zero-order chi connectivity index (χ0) is 13.6. The van der Waals surface area contributed by atoms with Crippen LogP contribution in [-0.2, 0) is 0 Å². The van der Waals surface area contributed by atoms with Crippen LogP contribution in [0.15, 0.2) is 24.4 Å². The first-order chi connectivity index (χ1) is 9.08. The number of benzene rings is 1. The molecule has 0 saturated heterocycles. The van der Waals surface area contributed by atoms with E-state index in [1.807, 2.05) is 0 Å². The maximum atomic E-state index is 14.0. The lowest BCUT2D eigenvalue weighted by Gasteiger charge is -2.07. The molecule has 0 radical (unpaired) electrons. The summed E-state index contributed by atoms with van der Waals surface area (Å²) in [5.74, 6) is -1.05. The van der Waals surface area contributed by atoms with Gasteiger partial charge in [0, 0.05) is 11.8 Å². The van der Waals surface area contributed by atoms with Crippen molar-refractivity contribution in [2.45, 2.75) is 6.92 Å². The van der Waals surface area contributed by atoms with E-state index in [0.29, 0.717) is 22.2 Å². The van der Waals surface area contributed by atoms with Crippen LogP contribution in [0.25, 0.3) is 22.2 Å². The van der Waals surface area contributed by atoms with Crippen LogP contribution in [0.4, 0.5) is 14.6 Å². The number of nitrogens with two attached hydrogens (primary N) is 1. The summed E-state index contributed by atoms with van der Waals surface area (Å²) in [5.41, 5.74) is 7.21. The van der Waals surface area contributed by atoms with Crippen LogP contribution in [0.2, 0.25) is 0 Å². The number of nitrogens with zero attached hydrogens (tertiary/aromatic N) is 2. The molecule has 0 bridgehead atoms. The summed E-state index contributed by atoms with van der Waals surface area (Å²) in [6.07, 6.45) is 1.45. The number of nitrogen functional groups attached to an aromatic ring is 1. The van der Waals surface area contributed by atoms with E-state index in [2.05, 4.69) is 15.2 Å². The molecule has 1 aromatic carbocycles. The number of fused-ring (bicyclic) bond motifs is 1. The SMILES string of the molecule is Cc1cc(F)c(-c2ccnc3c(N)n[nH]c23)c(F)c1. The lowest BCUT2D eigenvalue weighted by molar-refractivity contribution is 0.588. The Balaban J connectivity index is 2.37. The van der Waals surface area contributed by atoms with Gasteiger partial charge in [-0.1, -0.05) is 0 Å². The lowest BCUT2D eigenvalue weighted by atomic mass is 10.0. The first kappa shape index (κ1) is 11.6. The topological polar surface area (TPSA) is 67.6 Å². The second-order valence-corrected chi connectivity index (χ2v) is 4.29. The van der Waals surface area contributed by atoms with Gasteiger partial charge in [0.1, 0.15) is 17.2 Å². The Hall–Kier alpha value is -2.50. The molecule has 6 heteroatoms. The molecule has 96 valence electrons. The molecule has 2 heterocycles. The summed E-state index contributed by atoms with van der Waals surface area (Å²) < 4.78 is 28.0. The fourth-order valence-electron chi connectivity index (χ4n) is 2.10. The van der Waals surface area contributed by atoms with Gasteiger partial charge in [0.15, 0.2) is 5.82 Å². The Bertz CT molecular complexity index is 756. The van der Waals surface area contributed by atoms with Crippen molar-refractivity contribution in [1.82, 2.24) is 15.2 Å². The number of aryl methyl sites for hydroxylation is 1. The number of hydrogen-bond acceptors (Lipinski definition) is 3. The van der Waals surface area contributed by atoms with Crippen molar-refractivity contribution in [2.75, 3.05) is 5.73 Å². The number of anilines is 1. The van der Waals surface area contributed by atoms with E-state index < -0.39 is 11.6 Å². The fourth-order valence-corrected chi connectivity index (χ4v) is 2.10. The lowest BCUT2D eigenvalue weighted by Crippen LogP contribution is -1.93. The third-order valence-electron chi connectivity index (χ3n) is 2.94. The third kappa shape index (κ3) is 1.72. The zero-order valence-electron chi connectivity index (χ0n) is 10.0. The molecule has 0 aliphatic heterocycles. The molecule has 3 aromatic rings. The number of H-pyrrole nitrogens is 1. The molecule has 19 heavy (non-hydrogen) atoms. The van der Waals surface area contributed by atoms with E-state index in [4.69, 9.17) is 5.73 Å². The van der Waals surface area contributed by atoms with Gasteiger partial charge in [-0.05, 0) is 30.7 Å². The zero-order valence-corrected chi connectivity index (χ0v) is 10.0. The highest BCUT2D eigenvalue weighted by atomic mass is 19.1. The molecule has 2 aromatic heterocycles. The summed E-state index contributed by atoms with van der Waals surface area (Å²) in [7, 11) is 0. The van der Waals surface area contributed by atoms with Gasteiger partial charge in [-0.15, -0.1) is 0 Å². The molecular formula is C13H10F2N4. The second-order valence-electron chi connectivity index (χ2n) is 4.29. The van der Waals surface area contributed by atoms with Crippen molar-refractivity contribution in [3.05, 3.63) is 41.6 Å². The Kier molecular flexibility index (Phi) is 2.45. The molecule has 0 atom stereocenters. The smallest absolute Gasteiger partial charge is 0.171 e. The molecule has 0 aliphatic carbocycles. The van der Waals surface area contributed by atoms with Gasteiger partial charge in [-0.25, -0.2) is 8.78 Å². The number of rotatable bonds is 1. The second kappa shape index (κ2) is 4.01. The quantitative estimate of drug-likeness (QED) is 0.707. The highest BCUT2D eigenvalue weighted by Crippen LogP contribution is 2.32. The van der Waals surface area contributed by atoms with E-state index in [9.17, 15) is 8.78 Å². The molecule has 0 amide bonds. The minimum Gasteiger partial charge on any atom is -0.380 e. The Morgan fingerprint density at radius 2 is 1.89 bits per heavy atom. The van der Waals surface area contributed by atoms with Crippen LogP contribution in [-0.4, -0.2) is 15.2 Å². The molecule has 4 nitrogen and oxygen atoms in total. The van der Waals surface area contributed by atoms with Crippen molar-refractivity contribution in [3.63, 3.8) is 0 Å². The van der Waals surface area contributed by atoms with E-state index in [1.165, 1.54) is 24.4 Å². The van der Waals surface area contributed by atoms with E-state index >= 15 is 0 Å². The largest absolute Gasteiger partial charge is 0.380 e. The average Bonchev–Trinajstić information content (AvgIpc) is 2.71. The fraction of sp³-hybridized carbons (Fsp3) is 0.0769. The maximum Gasteiger partial charge on any atom is 0.171 e. The van der Waals surface area contributed by atoms with Gasteiger partial charge in [-0.2, -0.15) is 5.10 Å². The summed E-state index contributed by atoms with van der Waals surface area (Å²) in [6.45, 7) is 1.63. The first-order valence-corrected chi connectivity index (χ1v) is 5.62. The van der Waals surface area contributed by atoms with Crippen LogP contribution in [0.3, 0.4) is 0 Å². The van der Waals surface area contributed by atoms with Gasteiger partial charge in [0.2, 0.25) is 0 Å².